The highest BCUT2D eigenvalue weighted by Crippen LogP contribution is 2.28. The van der Waals surface area contributed by atoms with Crippen molar-refractivity contribution in [3.63, 3.8) is 0 Å². The van der Waals surface area contributed by atoms with Crippen molar-refractivity contribution in [2.24, 2.45) is 0 Å². The number of hydrogen-bond acceptors (Lipinski definition) is 6. The zero-order chi connectivity index (χ0) is 14.8. The molecule has 0 unspecified atom stereocenters. The minimum atomic E-state index is 0.311. The third kappa shape index (κ3) is 2.70. The lowest BCUT2D eigenvalue weighted by molar-refractivity contribution is 0.0208. The Kier molecular flexibility index (Phi) is 3.54. The Balaban J connectivity index is 1.59. The van der Waals surface area contributed by atoms with Crippen LogP contribution < -0.4 is 5.32 Å². The number of nitrogens with one attached hydrogen (secondary N) is 1. The average Bonchev–Trinajstić information content (AvgIpc) is 3.02. The molecule has 2 aromatic heterocycles. The summed E-state index contributed by atoms with van der Waals surface area (Å²) in [6.07, 6.45) is 1.76. The number of hydrogen-bond donors (Lipinski definition) is 1. The lowest BCUT2D eigenvalue weighted by Crippen LogP contribution is -2.40. The first-order valence-electron chi connectivity index (χ1n) is 7.07. The molecule has 5 nitrogen and oxygen atoms in total. The number of anilines is 1. The summed E-state index contributed by atoms with van der Waals surface area (Å²) in [5.74, 6) is 0.625. The van der Waals surface area contributed by atoms with Gasteiger partial charge in [-0.3, -0.25) is 0 Å². The quantitative estimate of drug-likeness (QED) is 0.802. The Labute approximate surface area is 132 Å². The van der Waals surface area contributed by atoms with Gasteiger partial charge in [-0.2, -0.15) is 0 Å². The van der Waals surface area contributed by atoms with Crippen molar-refractivity contribution in [3.05, 3.63) is 48.0 Å². The molecule has 0 bridgehead atoms. The Morgan fingerprint density at radius 2 is 1.91 bits per heavy atom. The second kappa shape index (κ2) is 5.82. The van der Waals surface area contributed by atoms with Crippen molar-refractivity contribution < 1.29 is 4.74 Å². The van der Waals surface area contributed by atoms with Crippen LogP contribution in [0.3, 0.4) is 0 Å². The van der Waals surface area contributed by atoms with Crippen molar-refractivity contribution in [2.75, 3.05) is 18.5 Å². The van der Waals surface area contributed by atoms with Gasteiger partial charge in [0, 0.05) is 17.1 Å². The van der Waals surface area contributed by atoms with E-state index in [1.165, 1.54) is 0 Å². The van der Waals surface area contributed by atoms with Gasteiger partial charge < -0.3 is 10.1 Å². The second-order valence-electron chi connectivity index (χ2n) is 5.05. The first kappa shape index (κ1) is 13.4. The largest absolute Gasteiger partial charge is 0.377 e. The summed E-state index contributed by atoms with van der Waals surface area (Å²) in [5.41, 5.74) is 2.83. The molecule has 1 aromatic carbocycles. The fraction of sp³-hybridized carbons (Fsp3) is 0.188. The molecule has 22 heavy (non-hydrogen) atoms. The summed E-state index contributed by atoms with van der Waals surface area (Å²) in [6.45, 7) is 1.42. The van der Waals surface area contributed by atoms with Gasteiger partial charge in [-0.1, -0.05) is 30.3 Å². The smallest absolute Gasteiger partial charge is 0.223 e. The van der Waals surface area contributed by atoms with Crippen LogP contribution in [0, 0.1) is 0 Å². The van der Waals surface area contributed by atoms with Gasteiger partial charge in [-0.05, 0) is 6.07 Å². The van der Waals surface area contributed by atoms with Crippen molar-refractivity contribution >= 4 is 17.3 Å². The minimum absolute atomic E-state index is 0.311. The van der Waals surface area contributed by atoms with Gasteiger partial charge in [-0.15, -0.1) is 11.3 Å². The maximum atomic E-state index is 5.15. The molecule has 0 aliphatic carbocycles. The summed E-state index contributed by atoms with van der Waals surface area (Å²) in [7, 11) is 0. The summed E-state index contributed by atoms with van der Waals surface area (Å²) in [4.78, 5) is 13.5. The Morgan fingerprint density at radius 1 is 1.05 bits per heavy atom. The molecule has 6 heteroatoms. The SMILES string of the molecule is c1ccc(-c2nc(-c3ccnc(NC4COC4)n3)cs2)cc1. The van der Waals surface area contributed by atoms with Crippen LogP contribution >= 0.6 is 11.3 Å². The predicted octanol–water partition coefficient (Wildman–Crippen LogP) is 3.08. The van der Waals surface area contributed by atoms with Crippen molar-refractivity contribution in [2.45, 2.75) is 6.04 Å². The maximum Gasteiger partial charge on any atom is 0.223 e. The first-order valence-corrected chi connectivity index (χ1v) is 7.95. The molecule has 4 rings (SSSR count). The van der Waals surface area contributed by atoms with E-state index in [1.807, 2.05) is 29.6 Å². The van der Waals surface area contributed by atoms with E-state index in [1.54, 1.807) is 17.5 Å². The van der Waals surface area contributed by atoms with E-state index in [2.05, 4.69) is 32.4 Å². The van der Waals surface area contributed by atoms with Gasteiger partial charge in [0.05, 0.1) is 24.9 Å². The zero-order valence-electron chi connectivity index (χ0n) is 11.8. The molecule has 1 aliphatic heterocycles. The molecule has 1 N–H and O–H groups in total. The summed E-state index contributed by atoms with van der Waals surface area (Å²) in [6, 6.07) is 12.4. The van der Waals surface area contributed by atoms with Crippen LogP contribution in [0.2, 0.25) is 0 Å². The number of ether oxygens (including phenoxy) is 1. The third-order valence-corrected chi connectivity index (χ3v) is 4.31. The lowest BCUT2D eigenvalue weighted by atomic mass is 10.2. The molecule has 3 aromatic rings. The minimum Gasteiger partial charge on any atom is -0.377 e. The van der Waals surface area contributed by atoms with Crippen molar-refractivity contribution in [1.29, 1.82) is 0 Å². The summed E-state index contributed by atoms with van der Waals surface area (Å²) >= 11 is 1.62. The van der Waals surface area contributed by atoms with Gasteiger partial charge in [0.25, 0.3) is 0 Å². The summed E-state index contributed by atoms with van der Waals surface area (Å²) in [5, 5.41) is 6.28. The van der Waals surface area contributed by atoms with Crippen LogP contribution in [0.15, 0.2) is 48.0 Å². The fourth-order valence-electron chi connectivity index (χ4n) is 2.18. The molecular weight excluding hydrogens is 296 g/mol. The average molecular weight is 310 g/mol. The molecule has 3 heterocycles. The number of benzene rings is 1. The van der Waals surface area contributed by atoms with Crippen LogP contribution in [-0.2, 0) is 4.74 Å². The lowest BCUT2D eigenvalue weighted by Gasteiger charge is -2.26. The second-order valence-corrected chi connectivity index (χ2v) is 5.91. The van der Waals surface area contributed by atoms with Crippen molar-refractivity contribution in [3.8, 4) is 22.0 Å². The standard InChI is InChI=1S/C16H14N4OS/c1-2-4-11(5-3-1)15-19-14(10-22-15)13-6-7-17-16(20-13)18-12-8-21-9-12/h1-7,10,12H,8-9H2,(H,17,18,20). The van der Waals surface area contributed by atoms with E-state index >= 15 is 0 Å². The van der Waals surface area contributed by atoms with E-state index in [0.717, 1.165) is 22.0 Å². The normalized spacial score (nSPS) is 14.5. The molecule has 1 saturated heterocycles. The molecule has 0 amide bonds. The van der Waals surface area contributed by atoms with Crippen LogP contribution in [0.1, 0.15) is 0 Å². The van der Waals surface area contributed by atoms with Gasteiger partial charge >= 0.3 is 0 Å². The maximum absolute atomic E-state index is 5.15. The molecular formula is C16H14N4OS. The number of aromatic nitrogens is 3. The van der Waals surface area contributed by atoms with Crippen LogP contribution in [0.25, 0.3) is 22.0 Å². The van der Waals surface area contributed by atoms with Gasteiger partial charge in [-0.25, -0.2) is 15.0 Å². The Morgan fingerprint density at radius 3 is 2.68 bits per heavy atom. The molecule has 0 spiro atoms. The summed E-state index contributed by atoms with van der Waals surface area (Å²) < 4.78 is 5.15. The topological polar surface area (TPSA) is 59.9 Å². The zero-order valence-corrected chi connectivity index (χ0v) is 12.6. The Bertz CT molecular complexity index is 771. The molecule has 0 saturated carbocycles. The van der Waals surface area contributed by atoms with Gasteiger partial charge in [0.1, 0.15) is 10.7 Å². The van der Waals surface area contributed by atoms with Crippen molar-refractivity contribution in [1.82, 2.24) is 15.0 Å². The fourth-order valence-corrected chi connectivity index (χ4v) is 3.00. The predicted molar refractivity (Wildman–Crippen MR) is 86.8 cm³/mol. The van der Waals surface area contributed by atoms with E-state index in [0.29, 0.717) is 25.2 Å². The number of nitrogens with zero attached hydrogens (tertiary/aromatic N) is 3. The highest BCUT2D eigenvalue weighted by Gasteiger charge is 2.19. The van der Waals surface area contributed by atoms with Crippen LogP contribution in [-0.4, -0.2) is 34.2 Å². The molecule has 1 aliphatic rings. The van der Waals surface area contributed by atoms with Gasteiger partial charge in [0.15, 0.2) is 0 Å². The van der Waals surface area contributed by atoms with E-state index in [-0.39, 0.29) is 0 Å². The van der Waals surface area contributed by atoms with Gasteiger partial charge in [0.2, 0.25) is 5.95 Å². The molecule has 0 radical (unpaired) electrons. The van der Waals surface area contributed by atoms with E-state index < -0.39 is 0 Å². The first-order chi connectivity index (χ1) is 10.9. The molecule has 0 atom stereocenters. The highest BCUT2D eigenvalue weighted by atomic mass is 32.1. The Hall–Kier alpha value is -2.31. The van der Waals surface area contributed by atoms with E-state index in [4.69, 9.17) is 4.74 Å². The highest BCUT2D eigenvalue weighted by molar-refractivity contribution is 7.13. The van der Waals surface area contributed by atoms with E-state index in [9.17, 15) is 0 Å². The molecule has 110 valence electrons. The van der Waals surface area contributed by atoms with Crippen LogP contribution in [0.5, 0.6) is 0 Å². The number of rotatable bonds is 4. The molecule has 1 fully saturated rings. The number of thiazole rings is 1. The third-order valence-electron chi connectivity index (χ3n) is 3.41. The monoisotopic (exact) mass is 310 g/mol. The van der Waals surface area contributed by atoms with Crippen LogP contribution in [0.4, 0.5) is 5.95 Å².